The Hall–Kier alpha value is -4.97. The van der Waals surface area contributed by atoms with Crippen LogP contribution in [0.15, 0.2) is 48.5 Å². The van der Waals surface area contributed by atoms with Gasteiger partial charge in [0.2, 0.25) is 0 Å². The highest BCUT2D eigenvalue weighted by Crippen LogP contribution is 2.36. The van der Waals surface area contributed by atoms with Crippen LogP contribution in [0.2, 0.25) is 0 Å². The van der Waals surface area contributed by atoms with E-state index in [0.717, 1.165) is 18.6 Å². The molecule has 0 saturated heterocycles. The van der Waals surface area contributed by atoms with E-state index in [2.05, 4.69) is 16.6 Å². The summed E-state index contributed by atoms with van der Waals surface area (Å²) >= 11 is 0. The first-order valence-electron chi connectivity index (χ1n) is 12.9. The van der Waals surface area contributed by atoms with Crippen molar-refractivity contribution in [1.82, 2.24) is 0 Å². The van der Waals surface area contributed by atoms with E-state index in [9.17, 15) is 48.3 Å². The van der Waals surface area contributed by atoms with Crippen LogP contribution in [-0.4, -0.2) is 0 Å². The minimum absolute atomic E-state index is 0.207. The molecule has 0 atom stereocenters. The van der Waals surface area contributed by atoms with Gasteiger partial charge < -0.3 is 4.74 Å². The maximum Gasteiger partial charge on any atom is 0.432 e. The molecular weight excluding hydrogens is 621 g/mol. The predicted molar refractivity (Wildman–Crippen MR) is 140 cm³/mol. The van der Waals surface area contributed by atoms with E-state index in [-0.39, 0.29) is 12.1 Å². The minimum Gasteiger partial charge on any atom is -0.429 e. The first kappa shape index (κ1) is 32.9. The average molecular weight is 638 g/mol. The molecule has 45 heavy (non-hydrogen) atoms. The van der Waals surface area contributed by atoms with Crippen molar-refractivity contribution in [1.29, 1.82) is 0 Å². The number of halogens is 11. The van der Waals surface area contributed by atoms with Crippen LogP contribution in [0, 0.1) is 76.0 Å². The Morgan fingerprint density at radius 3 is 1.42 bits per heavy atom. The molecule has 0 spiro atoms. The van der Waals surface area contributed by atoms with E-state index in [1.807, 2.05) is 18.8 Å². The lowest BCUT2D eigenvalue weighted by molar-refractivity contribution is -0.189. The van der Waals surface area contributed by atoms with Crippen molar-refractivity contribution in [2.75, 3.05) is 0 Å². The van der Waals surface area contributed by atoms with Crippen molar-refractivity contribution in [2.45, 2.75) is 32.3 Å². The summed E-state index contributed by atoms with van der Waals surface area (Å²) in [6.45, 7) is 1.89. The lowest BCUT2D eigenvalue weighted by atomic mass is 10.0. The standard InChI is InChI=1S/C33H17F11O/c1-2-3-4-17-9-23(34)21(24(35)10-17)7-5-18-11-27(38)31(28(39)12-18)33(43,44)45-20-15-25(36)22(26(37)16-20)8-6-19-13-29(40)32(42)30(41)14-19/h9-16H,2-4H2,1H3. The third-order valence-electron chi connectivity index (χ3n) is 6.16. The zero-order chi connectivity index (χ0) is 33.1. The third-order valence-corrected chi connectivity index (χ3v) is 6.16. The Morgan fingerprint density at radius 2 is 0.978 bits per heavy atom. The molecule has 0 saturated carbocycles. The first-order chi connectivity index (χ1) is 21.2. The third kappa shape index (κ3) is 7.58. The first-order valence-corrected chi connectivity index (χ1v) is 12.9. The van der Waals surface area contributed by atoms with Crippen molar-refractivity contribution in [3.8, 4) is 29.4 Å². The highest BCUT2D eigenvalue weighted by atomic mass is 19.3. The van der Waals surface area contributed by atoms with Crippen LogP contribution in [0.5, 0.6) is 5.75 Å². The molecule has 0 unspecified atom stereocenters. The van der Waals surface area contributed by atoms with Crippen molar-refractivity contribution >= 4 is 0 Å². The van der Waals surface area contributed by atoms with Gasteiger partial charge in [0.1, 0.15) is 46.2 Å². The highest BCUT2D eigenvalue weighted by Gasteiger charge is 2.41. The summed E-state index contributed by atoms with van der Waals surface area (Å²) in [4.78, 5) is 0. The number of aryl methyl sites for hydroxylation is 1. The van der Waals surface area contributed by atoms with Gasteiger partial charge in [-0.1, -0.05) is 37.0 Å². The number of hydrogen-bond donors (Lipinski definition) is 0. The number of benzene rings is 4. The average Bonchev–Trinajstić information content (AvgIpc) is 2.93. The Morgan fingerprint density at radius 1 is 0.556 bits per heavy atom. The fraction of sp³-hybridized carbons (Fsp3) is 0.152. The van der Waals surface area contributed by atoms with Crippen LogP contribution < -0.4 is 4.74 Å². The summed E-state index contributed by atoms with van der Waals surface area (Å²) in [6, 6.07) is 4.11. The molecule has 0 bridgehead atoms. The van der Waals surface area contributed by atoms with Gasteiger partial charge in [-0.25, -0.2) is 39.5 Å². The molecule has 1 nitrogen and oxygen atoms in total. The molecule has 0 heterocycles. The molecule has 0 fully saturated rings. The second kappa shape index (κ2) is 13.3. The Labute approximate surface area is 249 Å². The number of alkyl halides is 2. The smallest absolute Gasteiger partial charge is 0.429 e. The Balaban J connectivity index is 1.58. The van der Waals surface area contributed by atoms with E-state index in [0.29, 0.717) is 42.7 Å². The summed E-state index contributed by atoms with van der Waals surface area (Å²) in [6.07, 6.45) is -2.97. The van der Waals surface area contributed by atoms with Gasteiger partial charge in [0, 0.05) is 23.3 Å². The summed E-state index contributed by atoms with van der Waals surface area (Å²) in [5.41, 5.74) is -4.42. The normalized spacial score (nSPS) is 11.0. The van der Waals surface area contributed by atoms with Gasteiger partial charge in [-0.05, 0) is 54.8 Å². The van der Waals surface area contributed by atoms with Gasteiger partial charge >= 0.3 is 6.11 Å². The van der Waals surface area contributed by atoms with E-state index >= 15 is 0 Å². The van der Waals surface area contributed by atoms with Gasteiger partial charge in [0.25, 0.3) is 0 Å². The van der Waals surface area contributed by atoms with Crippen LogP contribution in [0.3, 0.4) is 0 Å². The Kier molecular flexibility index (Phi) is 9.77. The largest absolute Gasteiger partial charge is 0.432 e. The molecule has 4 aromatic carbocycles. The van der Waals surface area contributed by atoms with Crippen LogP contribution in [0.4, 0.5) is 48.3 Å². The monoisotopic (exact) mass is 638 g/mol. The van der Waals surface area contributed by atoms with Gasteiger partial charge in [0.15, 0.2) is 17.5 Å². The molecule has 0 aromatic heterocycles. The number of hydrogen-bond acceptors (Lipinski definition) is 1. The number of rotatable bonds is 6. The molecule has 0 aliphatic carbocycles. The van der Waals surface area contributed by atoms with Gasteiger partial charge in [-0.2, -0.15) is 8.78 Å². The molecule has 4 aromatic rings. The second-order valence-corrected chi connectivity index (χ2v) is 9.49. The molecular formula is C33H17F11O. The zero-order valence-corrected chi connectivity index (χ0v) is 22.8. The quantitative estimate of drug-likeness (QED) is 0.116. The van der Waals surface area contributed by atoms with E-state index in [1.54, 1.807) is 0 Å². The second-order valence-electron chi connectivity index (χ2n) is 9.49. The number of ether oxygens (including phenoxy) is 1. The van der Waals surface area contributed by atoms with Crippen LogP contribution >= 0.6 is 0 Å². The van der Waals surface area contributed by atoms with Crippen molar-refractivity contribution < 1.29 is 53.0 Å². The van der Waals surface area contributed by atoms with E-state index in [4.69, 9.17) is 0 Å². The van der Waals surface area contributed by atoms with Crippen molar-refractivity contribution in [2.24, 2.45) is 0 Å². The summed E-state index contributed by atoms with van der Waals surface area (Å²) < 4.78 is 161. The summed E-state index contributed by atoms with van der Waals surface area (Å²) in [5.74, 6) is -7.28. The molecule has 0 aliphatic heterocycles. The summed E-state index contributed by atoms with van der Waals surface area (Å²) in [7, 11) is 0. The van der Waals surface area contributed by atoms with Gasteiger partial charge in [-0.15, -0.1) is 0 Å². The van der Waals surface area contributed by atoms with Crippen LogP contribution in [-0.2, 0) is 12.5 Å². The zero-order valence-electron chi connectivity index (χ0n) is 22.8. The van der Waals surface area contributed by atoms with Crippen molar-refractivity contribution in [3.63, 3.8) is 0 Å². The maximum absolute atomic E-state index is 14.8. The lowest BCUT2D eigenvalue weighted by Gasteiger charge is -2.20. The van der Waals surface area contributed by atoms with E-state index in [1.165, 1.54) is 0 Å². The van der Waals surface area contributed by atoms with Crippen LogP contribution in [0.1, 0.15) is 53.1 Å². The fourth-order valence-electron chi connectivity index (χ4n) is 4.02. The van der Waals surface area contributed by atoms with Gasteiger partial charge in [0.05, 0.1) is 11.1 Å². The highest BCUT2D eigenvalue weighted by molar-refractivity contribution is 5.48. The molecule has 0 N–H and O–H groups in total. The fourth-order valence-corrected chi connectivity index (χ4v) is 4.02. The molecule has 232 valence electrons. The van der Waals surface area contributed by atoms with E-state index < -0.39 is 92.0 Å². The maximum atomic E-state index is 14.8. The molecule has 0 radical (unpaired) electrons. The number of unbranched alkanes of at least 4 members (excludes halogenated alkanes) is 1. The molecule has 4 rings (SSSR count). The Bertz CT molecular complexity index is 1820. The molecule has 0 amide bonds. The molecule has 12 heteroatoms. The molecule has 0 aliphatic rings. The van der Waals surface area contributed by atoms with Gasteiger partial charge in [-0.3, -0.25) is 0 Å². The van der Waals surface area contributed by atoms with Crippen LogP contribution in [0.25, 0.3) is 0 Å². The predicted octanol–water partition coefficient (Wildman–Crippen LogP) is 9.21. The van der Waals surface area contributed by atoms with Crippen molar-refractivity contribution in [3.05, 3.63) is 134 Å². The SMILES string of the molecule is CCCCc1cc(F)c(C#Cc2cc(F)c(C(F)(F)Oc3cc(F)c(C#Cc4cc(F)c(F)c(F)c4)c(F)c3)c(F)c2)c(F)c1. The topological polar surface area (TPSA) is 9.23 Å². The minimum atomic E-state index is -4.85. The summed E-state index contributed by atoms with van der Waals surface area (Å²) in [5, 5.41) is 0. The lowest BCUT2D eigenvalue weighted by Crippen LogP contribution is -2.25.